The van der Waals surface area contributed by atoms with Gasteiger partial charge in [0.1, 0.15) is 6.04 Å². The van der Waals surface area contributed by atoms with Crippen LogP contribution in [0.4, 0.5) is 0 Å². The van der Waals surface area contributed by atoms with Gasteiger partial charge in [-0.3, -0.25) is 10.1 Å². The lowest BCUT2D eigenvalue weighted by atomic mass is 10.2. The SMILES string of the molecule is CCCC(NCc1nc(C)no1)C(=O)O. The van der Waals surface area contributed by atoms with Crippen molar-refractivity contribution < 1.29 is 14.4 Å². The van der Waals surface area contributed by atoms with Crippen molar-refractivity contribution in [3.63, 3.8) is 0 Å². The van der Waals surface area contributed by atoms with Gasteiger partial charge in [0, 0.05) is 0 Å². The first-order chi connectivity index (χ1) is 7.13. The number of nitrogens with one attached hydrogen (secondary N) is 1. The Bertz CT molecular complexity index is 324. The molecule has 0 spiro atoms. The topological polar surface area (TPSA) is 88.3 Å². The van der Waals surface area contributed by atoms with Gasteiger partial charge in [-0.2, -0.15) is 4.98 Å². The molecule has 0 radical (unpaired) electrons. The van der Waals surface area contributed by atoms with Crippen molar-refractivity contribution in [1.29, 1.82) is 0 Å². The molecule has 1 atom stereocenters. The van der Waals surface area contributed by atoms with E-state index in [4.69, 9.17) is 9.63 Å². The number of carboxylic acids is 1. The van der Waals surface area contributed by atoms with Crippen molar-refractivity contribution in [1.82, 2.24) is 15.5 Å². The fourth-order valence-electron chi connectivity index (χ4n) is 1.22. The third kappa shape index (κ3) is 3.67. The Labute approximate surface area is 87.7 Å². The summed E-state index contributed by atoms with van der Waals surface area (Å²) >= 11 is 0. The third-order valence-corrected chi connectivity index (χ3v) is 1.94. The second kappa shape index (κ2) is 5.45. The average Bonchev–Trinajstić information content (AvgIpc) is 2.58. The smallest absolute Gasteiger partial charge is 0.320 e. The minimum absolute atomic E-state index is 0.289. The predicted octanol–water partition coefficient (Wildman–Crippen LogP) is 0.721. The van der Waals surface area contributed by atoms with Crippen molar-refractivity contribution in [3.05, 3.63) is 11.7 Å². The molecule has 0 aliphatic carbocycles. The van der Waals surface area contributed by atoms with E-state index in [2.05, 4.69) is 15.5 Å². The Hall–Kier alpha value is -1.43. The monoisotopic (exact) mass is 213 g/mol. The van der Waals surface area contributed by atoms with Gasteiger partial charge >= 0.3 is 5.97 Å². The van der Waals surface area contributed by atoms with E-state index >= 15 is 0 Å². The van der Waals surface area contributed by atoms with E-state index in [-0.39, 0.29) is 6.54 Å². The molecule has 0 saturated carbocycles. The van der Waals surface area contributed by atoms with Gasteiger partial charge in [-0.05, 0) is 13.3 Å². The second-order valence-corrected chi connectivity index (χ2v) is 3.30. The van der Waals surface area contributed by atoms with Crippen LogP contribution in [0.2, 0.25) is 0 Å². The number of hydrogen-bond donors (Lipinski definition) is 2. The van der Waals surface area contributed by atoms with Gasteiger partial charge in [0.15, 0.2) is 5.82 Å². The Morgan fingerprint density at radius 1 is 1.67 bits per heavy atom. The standard InChI is InChI=1S/C9H15N3O3/c1-3-4-7(9(13)14)10-5-8-11-6(2)12-15-8/h7,10H,3-5H2,1-2H3,(H,13,14). The van der Waals surface area contributed by atoms with Crippen molar-refractivity contribution in [3.8, 4) is 0 Å². The van der Waals surface area contributed by atoms with Gasteiger partial charge < -0.3 is 9.63 Å². The maximum atomic E-state index is 10.8. The molecular weight excluding hydrogens is 198 g/mol. The summed E-state index contributed by atoms with van der Waals surface area (Å²) in [6.07, 6.45) is 1.40. The molecule has 2 N–H and O–H groups in total. The fourth-order valence-corrected chi connectivity index (χ4v) is 1.22. The van der Waals surface area contributed by atoms with Crippen LogP contribution < -0.4 is 5.32 Å². The first-order valence-electron chi connectivity index (χ1n) is 4.89. The highest BCUT2D eigenvalue weighted by Crippen LogP contribution is 2.00. The molecule has 84 valence electrons. The minimum atomic E-state index is -0.854. The normalized spacial score (nSPS) is 12.7. The fraction of sp³-hybridized carbons (Fsp3) is 0.667. The molecule has 1 heterocycles. The van der Waals surface area contributed by atoms with Gasteiger partial charge in [0.05, 0.1) is 6.54 Å². The lowest BCUT2D eigenvalue weighted by Crippen LogP contribution is -2.36. The summed E-state index contributed by atoms with van der Waals surface area (Å²) in [7, 11) is 0. The third-order valence-electron chi connectivity index (χ3n) is 1.94. The van der Waals surface area contributed by atoms with Crippen LogP contribution in [0.25, 0.3) is 0 Å². The van der Waals surface area contributed by atoms with E-state index in [0.717, 1.165) is 6.42 Å². The summed E-state index contributed by atoms with van der Waals surface area (Å²) in [5, 5.41) is 15.3. The maximum absolute atomic E-state index is 10.8. The van der Waals surface area contributed by atoms with Gasteiger partial charge in [0.2, 0.25) is 5.89 Å². The summed E-state index contributed by atoms with van der Waals surface area (Å²) in [5.74, 6) is 0.108. The van der Waals surface area contributed by atoms with Crippen LogP contribution in [0.15, 0.2) is 4.52 Å². The van der Waals surface area contributed by atoms with Crippen molar-refractivity contribution >= 4 is 5.97 Å². The molecule has 6 heteroatoms. The molecule has 0 amide bonds. The number of aromatic nitrogens is 2. The van der Waals surface area contributed by atoms with Crippen LogP contribution in [-0.2, 0) is 11.3 Å². The average molecular weight is 213 g/mol. The maximum Gasteiger partial charge on any atom is 0.320 e. The Kier molecular flexibility index (Phi) is 4.23. The summed E-state index contributed by atoms with van der Waals surface area (Å²) < 4.78 is 4.86. The Balaban J connectivity index is 2.43. The van der Waals surface area contributed by atoms with Crippen molar-refractivity contribution in [2.75, 3.05) is 0 Å². The van der Waals surface area contributed by atoms with Crippen LogP contribution in [0.3, 0.4) is 0 Å². The highest BCUT2D eigenvalue weighted by atomic mass is 16.5. The summed E-state index contributed by atoms with van der Waals surface area (Å²) in [6, 6.07) is -0.554. The molecule has 1 aromatic heterocycles. The number of nitrogens with zero attached hydrogens (tertiary/aromatic N) is 2. The zero-order chi connectivity index (χ0) is 11.3. The molecule has 1 unspecified atom stereocenters. The van der Waals surface area contributed by atoms with Crippen LogP contribution in [-0.4, -0.2) is 27.3 Å². The van der Waals surface area contributed by atoms with E-state index in [1.54, 1.807) is 6.92 Å². The van der Waals surface area contributed by atoms with Crippen molar-refractivity contribution in [2.45, 2.75) is 39.3 Å². The van der Waals surface area contributed by atoms with E-state index in [1.807, 2.05) is 6.92 Å². The molecule has 1 rings (SSSR count). The number of carbonyl (C=O) groups is 1. The van der Waals surface area contributed by atoms with Crippen LogP contribution in [0.5, 0.6) is 0 Å². The van der Waals surface area contributed by atoms with Crippen molar-refractivity contribution in [2.24, 2.45) is 0 Å². The van der Waals surface area contributed by atoms with Crippen LogP contribution in [0.1, 0.15) is 31.5 Å². The number of rotatable bonds is 6. The lowest BCUT2D eigenvalue weighted by Gasteiger charge is -2.10. The molecule has 15 heavy (non-hydrogen) atoms. The molecule has 0 aliphatic heterocycles. The number of aliphatic carboxylic acids is 1. The molecule has 0 bridgehead atoms. The van der Waals surface area contributed by atoms with E-state index < -0.39 is 12.0 Å². The largest absolute Gasteiger partial charge is 0.480 e. The quantitative estimate of drug-likeness (QED) is 0.723. The molecule has 0 aromatic carbocycles. The highest BCUT2D eigenvalue weighted by Gasteiger charge is 2.16. The predicted molar refractivity (Wildman–Crippen MR) is 52.2 cm³/mol. The Morgan fingerprint density at radius 2 is 2.40 bits per heavy atom. The minimum Gasteiger partial charge on any atom is -0.480 e. The van der Waals surface area contributed by atoms with Crippen LogP contribution in [0, 0.1) is 6.92 Å². The molecule has 0 aliphatic rings. The molecular formula is C9H15N3O3. The zero-order valence-electron chi connectivity index (χ0n) is 8.86. The van der Waals surface area contributed by atoms with E-state index in [1.165, 1.54) is 0 Å². The van der Waals surface area contributed by atoms with E-state index in [0.29, 0.717) is 18.1 Å². The van der Waals surface area contributed by atoms with Gasteiger partial charge in [-0.25, -0.2) is 0 Å². The van der Waals surface area contributed by atoms with Crippen LogP contribution >= 0.6 is 0 Å². The van der Waals surface area contributed by atoms with Gasteiger partial charge in [0.25, 0.3) is 0 Å². The first kappa shape index (κ1) is 11.6. The Morgan fingerprint density at radius 3 is 2.87 bits per heavy atom. The summed E-state index contributed by atoms with van der Waals surface area (Å²) in [4.78, 5) is 14.8. The molecule has 6 nitrogen and oxygen atoms in total. The van der Waals surface area contributed by atoms with Gasteiger partial charge in [-0.15, -0.1) is 0 Å². The highest BCUT2D eigenvalue weighted by molar-refractivity contribution is 5.73. The van der Waals surface area contributed by atoms with E-state index in [9.17, 15) is 4.79 Å². The number of hydrogen-bond acceptors (Lipinski definition) is 5. The zero-order valence-corrected chi connectivity index (χ0v) is 8.86. The summed E-state index contributed by atoms with van der Waals surface area (Å²) in [5.41, 5.74) is 0. The molecule has 0 saturated heterocycles. The summed E-state index contributed by atoms with van der Waals surface area (Å²) in [6.45, 7) is 3.94. The lowest BCUT2D eigenvalue weighted by molar-refractivity contribution is -0.139. The molecule has 0 fully saturated rings. The van der Waals surface area contributed by atoms with Gasteiger partial charge in [-0.1, -0.05) is 18.5 Å². The molecule has 1 aromatic rings. The first-order valence-corrected chi connectivity index (χ1v) is 4.89. The second-order valence-electron chi connectivity index (χ2n) is 3.30. The number of carboxylic acid groups (broad SMARTS) is 1. The number of aryl methyl sites for hydroxylation is 1.